The van der Waals surface area contributed by atoms with Gasteiger partial charge < -0.3 is 32.3 Å². The van der Waals surface area contributed by atoms with Crippen LogP contribution in [-0.4, -0.2) is 70.9 Å². The quantitative estimate of drug-likeness (QED) is 0.277. The van der Waals surface area contributed by atoms with Gasteiger partial charge in [0.15, 0.2) is 28.4 Å². The van der Waals surface area contributed by atoms with Crippen molar-refractivity contribution < 1.29 is 9.59 Å². The average Bonchev–Trinajstić information content (AvgIpc) is 3.33. The SMILES string of the molecule is Nc1nc(N)c(C(=O)/N=C2\NCC3(CCN(C(=O)c4cccc(SNCC5=CC=CNC5)c4)CC3)N2)nc1Cl. The molecule has 1 aromatic heterocycles. The summed E-state index contributed by atoms with van der Waals surface area (Å²) in [6.07, 6.45) is 7.40. The molecule has 12 nitrogen and oxygen atoms in total. The third-order valence-corrected chi connectivity index (χ3v) is 7.81. The molecule has 14 heteroatoms. The van der Waals surface area contributed by atoms with Gasteiger partial charge >= 0.3 is 5.91 Å². The lowest BCUT2D eigenvalue weighted by Crippen LogP contribution is -2.53. The molecular weight excluding hydrogens is 540 g/mol. The number of nitrogens with two attached hydrogens (primary N) is 2. The van der Waals surface area contributed by atoms with Crippen molar-refractivity contribution in [1.29, 1.82) is 0 Å². The van der Waals surface area contributed by atoms with Crippen molar-refractivity contribution in [3.63, 3.8) is 0 Å². The molecule has 39 heavy (non-hydrogen) atoms. The lowest BCUT2D eigenvalue weighted by atomic mass is 9.88. The summed E-state index contributed by atoms with van der Waals surface area (Å²) in [5.74, 6) is -0.554. The number of nitrogens with one attached hydrogen (secondary N) is 4. The number of halogens is 1. The molecule has 0 saturated carbocycles. The zero-order valence-electron chi connectivity index (χ0n) is 21.0. The van der Waals surface area contributed by atoms with Crippen molar-refractivity contribution in [3.8, 4) is 0 Å². The van der Waals surface area contributed by atoms with Crippen LogP contribution < -0.4 is 32.1 Å². The summed E-state index contributed by atoms with van der Waals surface area (Å²) in [4.78, 5) is 40.5. The smallest absolute Gasteiger partial charge is 0.302 e. The predicted molar refractivity (Wildman–Crippen MR) is 152 cm³/mol. The fourth-order valence-corrected chi connectivity index (χ4v) is 5.45. The van der Waals surface area contributed by atoms with Crippen LogP contribution in [0.2, 0.25) is 5.15 Å². The van der Waals surface area contributed by atoms with E-state index in [1.54, 1.807) is 0 Å². The van der Waals surface area contributed by atoms with Crippen LogP contribution in [0.1, 0.15) is 33.7 Å². The zero-order chi connectivity index (χ0) is 27.4. The van der Waals surface area contributed by atoms with Gasteiger partial charge in [-0.2, -0.15) is 4.99 Å². The van der Waals surface area contributed by atoms with Crippen molar-refractivity contribution in [1.82, 2.24) is 35.5 Å². The van der Waals surface area contributed by atoms with E-state index in [4.69, 9.17) is 23.1 Å². The first kappa shape index (κ1) is 26.8. The number of aliphatic imine (C=N–C) groups is 1. The van der Waals surface area contributed by atoms with Gasteiger partial charge in [0.05, 0.1) is 5.54 Å². The lowest BCUT2D eigenvalue weighted by Gasteiger charge is -2.38. The van der Waals surface area contributed by atoms with E-state index in [0.29, 0.717) is 44.0 Å². The number of piperidine rings is 1. The molecule has 4 heterocycles. The van der Waals surface area contributed by atoms with Gasteiger partial charge in [-0.1, -0.05) is 23.7 Å². The second kappa shape index (κ2) is 11.5. The minimum atomic E-state index is -0.683. The van der Waals surface area contributed by atoms with Gasteiger partial charge in [0, 0.05) is 43.2 Å². The van der Waals surface area contributed by atoms with Crippen molar-refractivity contribution in [2.75, 3.05) is 44.2 Å². The Labute approximate surface area is 234 Å². The molecule has 8 N–H and O–H groups in total. The fraction of sp³-hybridized carbons (Fsp3) is 0.320. The monoisotopic (exact) mass is 568 g/mol. The Balaban J connectivity index is 1.15. The minimum Gasteiger partial charge on any atom is -0.387 e. The number of amides is 2. The Morgan fingerprint density at radius 1 is 1.21 bits per heavy atom. The number of anilines is 2. The highest BCUT2D eigenvalue weighted by Crippen LogP contribution is 2.27. The maximum Gasteiger partial charge on any atom is 0.302 e. The Morgan fingerprint density at radius 2 is 2.03 bits per heavy atom. The number of nitrogen functional groups attached to an aromatic ring is 2. The number of carbonyl (C=O) groups is 2. The van der Waals surface area contributed by atoms with Gasteiger partial charge in [0.1, 0.15) is 0 Å². The Hall–Kier alpha value is -3.81. The molecule has 204 valence electrons. The molecular formula is C25H29ClN10O2S. The van der Waals surface area contributed by atoms with E-state index in [2.05, 4.69) is 41.7 Å². The van der Waals surface area contributed by atoms with Crippen LogP contribution in [-0.2, 0) is 0 Å². The van der Waals surface area contributed by atoms with E-state index >= 15 is 0 Å². The number of hydrogen-bond donors (Lipinski definition) is 6. The number of benzene rings is 1. The summed E-state index contributed by atoms with van der Waals surface area (Å²) in [5.41, 5.74) is 12.8. The van der Waals surface area contributed by atoms with Gasteiger partial charge in [-0.25, -0.2) is 9.97 Å². The molecule has 2 amide bonds. The van der Waals surface area contributed by atoms with E-state index in [1.807, 2.05) is 41.4 Å². The minimum absolute atomic E-state index is 0.000861. The van der Waals surface area contributed by atoms with Crippen molar-refractivity contribution >= 4 is 53.0 Å². The second-order valence-corrected chi connectivity index (χ2v) is 10.8. The second-order valence-electron chi connectivity index (χ2n) is 9.47. The first-order chi connectivity index (χ1) is 18.8. The molecule has 0 atom stereocenters. The van der Waals surface area contributed by atoms with Gasteiger partial charge in [0.25, 0.3) is 5.91 Å². The highest BCUT2D eigenvalue weighted by atomic mass is 35.5. The molecule has 0 radical (unpaired) electrons. The van der Waals surface area contributed by atoms with Crippen LogP contribution in [0.25, 0.3) is 0 Å². The topological polar surface area (TPSA) is 176 Å². The van der Waals surface area contributed by atoms with E-state index < -0.39 is 5.91 Å². The Bertz CT molecular complexity index is 1370. The number of allylic oxidation sites excluding steroid dienone is 2. The molecule has 0 unspecified atom stereocenters. The van der Waals surface area contributed by atoms with E-state index in [0.717, 1.165) is 18.0 Å². The maximum atomic E-state index is 13.2. The van der Waals surface area contributed by atoms with Crippen LogP contribution in [0, 0.1) is 0 Å². The van der Waals surface area contributed by atoms with E-state index in [1.165, 1.54) is 17.5 Å². The normalized spacial score (nSPS) is 18.8. The van der Waals surface area contributed by atoms with Gasteiger partial charge in [0.2, 0.25) is 0 Å². The number of dihydropyridines is 1. The van der Waals surface area contributed by atoms with Crippen LogP contribution >= 0.6 is 23.5 Å². The first-order valence-electron chi connectivity index (χ1n) is 12.4. The number of nitrogens with zero attached hydrogens (tertiary/aromatic N) is 4. The standard InChI is InChI=1S/C25H29ClN10O2S/c26-19-21(28)33-20(27)18(32-19)22(37)34-24-30-14-25(35-24)6-9-36(10-7-25)23(38)16-4-1-5-17(11-16)39-31-13-15-3-2-8-29-12-15/h1-5,8,11,29,31H,6-7,9-10,12-14H2,(H4,27,28,33)(H2,30,34,35,37). The van der Waals surface area contributed by atoms with Crippen LogP contribution in [0.4, 0.5) is 11.6 Å². The number of likely N-dealkylation sites (tertiary alicyclic amines) is 1. The van der Waals surface area contributed by atoms with E-state index in [-0.39, 0.29) is 33.9 Å². The third kappa shape index (κ3) is 6.27. The number of hydrogen-bond acceptors (Lipinski definition) is 9. The van der Waals surface area contributed by atoms with Gasteiger partial charge in [-0.3, -0.25) is 14.3 Å². The van der Waals surface area contributed by atoms with Crippen molar-refractivity contribution in [2.24, 2.45) is 4.99 Å². The number of aromatic nitrogens is 2. The molecule has 3 aliphatic heterocycles. The molecule has 5 rings (SSSR count). The van der Waals surface area contributed by atoms with Crippen LogP contribution in [0.5, 0.6) is 0 Å². The summed E-state index contributed by atoms with van der Waals surface area (Å²) < 4.78 is 3.36. The van der Waals surface area contributed by atoms with Crippen LogP contribution in [0.3, 0.4) is 0 Å². The predicted octanol–water partition coefficient (Wildman–Crippen LogP) is 1.30. The first-order valence-corrected chi connectivity index (χ1v) is 13.6. The average molecular weight is 569 g/mol. The molecule has 0 bridgehead atoms. The molecule has 2 aromatic rings. The summed E-state index contributed by atoms with van der Waals surface area (Å²) in [5, 5.41) is 9.53. The van der Waals surface area contributed by atoms with Crippen molar-refractivity contribution in [2.45, 2.75) is 23.3 Å². The molecule has 2 fully saturated rings. The summed E-state index contributed by atoms with van der Waals surface area (Å²) in [6.45, 7) is 3.30. The molecule has 0 aliphatic carbocycles. The summed E-state index contributed by atoms with van der Waals surface area (Å²) >= 11 is 7.39. The molecule has 2 saturated heterocycles. The zero-order valence-corrected chi connectivity index (χ0v) is 22.6. The van der Waals surface area contributed by atoms with Gasteiger partial charge in [-0.05, 0) is 60.8 Å². The number of rotatable bonds is 6. The van der Waals surface area contributed by atoms with E-state index in [9.17, 15) is 9.59 Å². The summed E-state index contributed by atoms with van der Waals surface area (Å²) in [6, 6.07) is 7.65. The van der Waals surface area contributed by atoms with Crippen LogP contribution in [0.15, 0.2) is 58.1 Å². The molecule has 1 aromatic carbocycles. The number of guanidine groups is 1. The largest absolute Gasteiger partial charge is 0.387 e. The molecule has 3 aliphatic rings. The number of carbonyl (C=O) groups excluding carboxylic acids is 2. The summed E-state index contributed by atoms with van der Waals surface area (Å²) in [7, 11) is 0. The maximum absolute atomic E-state index is 13.2. The Kier molecular flexibility index (Phi) is 7.91. The third-order valence-electron chi connectivity index (χ3n) is 6.75. The molecule has 1 spiro atoms. The Morgan fingerprint density at radius 3 is 2.79 bits per heavy atom. The highest BCUT2D eigenvalue weighted by molar-refractivity contribution is 7.97. The van der Waals surface area contributed by atoms with Crippen molar-refractivity contribution in [3.05, 3.63) is 64.6 Å². The highest BCUT2D eigenvalue weighted by Gasteiger charge is 2.41. The fourth-order valence-electron chi connectivity index (χ4n) is 4.56. The lowest BCUT2D eigenvalue weighted by molar-refractivity contribution is 0.0668. The van der Waals surface area contributed by atoms with Gasteiger partial charge in [-0.15, -0.1) is 0 Å².